The van der Waals surface area contributed by atoms with Crippen LogP contribution in [0.25, 0.3) is 5.57 Å². The number of hydrogen-bond acceptors (Lipinski definition) is 3. The number of carbonyl (C=O) groups is 1. The number of ether oxygens (including phenoxy) is 1. The van der Waals surface area contributed by atoms with Crippen molar-refractivity contribution in [2.45, 2.75) is 10.8 Å². The highest BCUT2D eigenvalue weighted by Gasteiger charge is 2.34. The van der Waals surface area contributed by atoms with Crippen molar-refractivity contribution in [2.24, 2.45) is 0 Å². The van der Waals surface area contributed by atoms with E-state index < -0.39 is 25.2 Å². The number of benzene rings is 3. The molecule has 0 heterocycles. The van der Waals surface area contributed by atoms with Crippen molar-refractivity contribution in [3.8, 4) is 5.75 Å². The first-order chi connectivity index (χ1) is 15.4. The molecule has 3 rings (SSSR count). The fourth-order valence-corrected chi connectivity index (χ4v) is 3.88. The normalized spacial score (nSPS) is 11.9. The number of rotatable bonds is 10. The zero-order valence-corrected chi connectivity index (χ0v) is 17.8. The Kier molecular flexibility index (Phi) is 8.00. The van der Waals surface area contributed by atoms with Crippen molar-refractivity contribution in [1.29, 1.82) is 0 Å². The van der Waals surface area contributed by atoms with Crippen molar-refractivity contribution in [1.82, 2.24) is 0 Å². The van der Waals surface area contributed by atoms with E-state index in [1.807, 2.05) is 36.4 Å². The highest BCUT2D eigenvalue weighted by atomic mass is 32.2. The van der Waals surface area contributed by atoms with Crippen molar-refractivity contribution in [3.63, 3.8) is 0 Å². The molecule has 0 unspecified atom stereocenters. The number of thioether (sulfide) groups is 1. The second-order valence-electron chi connectivity index (χ2n) is 6.83. The zero-order valence-electron chi connectivity index (χ0n) is 17.0. The SMILES string of the molecule is O=C(O)COc1ccc(SC/C=C(/c2ccccc2)c2ccccc2C(F)(F)CF)cc1. The lowest BCUT2D eigenvalue weighted by Crippen LogP contribution is -2.18. The summed E-state index contributed by atoms with van der Waals surface area (Å²) in [6, 6.07) is 22.0. The van der Waals surface area contributed by atoms with Gasteiger partial charge in [0.25, 0.3) is 0 Å². The Hall–Kier alpha value is -3.19. The average molecular weight is 459 g/mol. The Bertz CT molecular complexity index is 1070. The maximum absolute atomic E-state index is 14.3. The summed E-state index contributed by atoms with van der Waals surface area (Å²) in [6.07, 6.45) is 1.85. The summed E-state index contributed by atoms with van der Waals surface area (Å²) in [5.74, 6) is -3.71. The Morgan fingerprint density at radius 1 is 0.969 bits per heavy atom. The number of carboxylic acids is 1. The summed E-state index contributed by atoms with van der Waals surface area (Å²) in [5, 5.41) is 8.67. The summed E-state index contributed by atoms with van der Waals surface area (Å²) in [5.41, 5.74) is 1.30. The molecule has 0 fully saturated rings. The molecule has 0 aromatic heterocycles. The van der Waals surface area contributed by atoms with Crippen LogP contribution in [0.5, 0.6) is 5.75 Å². The van der Waals surface area contributed by atoms with Crippen LogP contribution in [0.1, 0.15) is 16.7 Å². The van der Waals surface area contributed by atoms with Crippen LogP contribution < -0.4 is 4.74 Å². The van der Waals surface area contributed by atoms with E-state index in [9.17, 15) is 18.0 Å². The molecule has 3 aromatic rings. The lowest BCUT2D eigenvalue weighted by Gasteiger charge is -2.19. The molecule has 0 saturated heterocycles. The molecule has 0 radical (unpaired) electrons. The Morgan fingerprint density at radius 3 is 2.28 bits per heavy atom. The van der Waals surface area contributed by atoms with Gasteiger partial charge >= 0.3 is 11.9 Å². The monoisotopic (exact) mass is 458 g/mol. The molecular weight excluding hydrogens is 437 g/mol. The highest BCUT2D eigenvalue weighted by Crippen LogP contribution is 2.37. The van der Waals surface area contributed by atoms with Crippen LogP contribution in [0.3, 0.4) is 0 Å². The Labute approximate surface area is 188 Å². The molecule has 0 spiro atoms. The largest absolute Gasteiger partial charge is 0.482 e. The van der Waals surface area contributed by atoms with Gasteiger partial charge in [-0.3, -0.25) is 0 Å². The molecule has 0 saturated carbocycles. The van der Waals surface area contributed by atoms with Crippen LogP contribution >= 0.6 is 11.8 Å². The molecule has 0 amide bonds. The average Bonchev–Trinajstić information content (AvgIpc) is 2.82. The first-order valence-electron chi connectivity index (χ1n) is 9.77. The van der Waals surface area contributed by atoms with E-state index in [0.29, 0.717) is 22.6 Å². The minimum Gasteiger partial charge on any atom is -0.482 e. The summed E-state index contributed by atoms with van der Waals surface area (Å²) in [4.78, 5) is 11.5. The van der Waals surface area contributed by atoms with Crippen LogP contribution in [0.15, 0.2) is 89.8 Å². The Morgan fingerprint density at radius 2 is 1.62 bits per heavy atom. The second-order valence-corrected chi connectivity index (χ2v) is 7.93. The molecular formula is C25H21F3O3S. The van der Waals surface area contributed by atoms with Crippen LogP contribution in [0, 0.1) is 0 Å². The standard InChI is InChI=1S/C25H21F3O3S/c26-17-25(27,28)23-9-5-4-8-22(23)21(18-6-2-1-3-7-18)14-15-32-20-12-10-19(11-13-20)31-16-24(29)30/h1-14H,15-17H2,(H,29,30)/b21-14-. The summed E-state index contributed by atoms with van der Waals surface area (Å²) < 4.78 is 46.8. The fraction of sp³-hybridized carbons (Fsp3) is 0.160. The van der Waals surface area contributed by atoms with Crippen molar-refractivity contribution >= 4 is 23.3 Å². The third kappa shape index (κ3) is 6.17. The molecule has 1 N–H and O–H groups in total. The lowest BCUT2D eigenvalue weighted by atomic mass is 9.91. The van der Waals surface area contributed by atoms with Gasteiger partial charge in [-0.1, -0.05) is 60.7 Å². The van der Waals surface area contributed by atoms with Gasteiger partial charge < -0.3 is 9.84 Å². The quantitative estimate of drug-likeness (QED) is 0.356. The van der Waals surface area contributed by atoms with Crippen LogP contribution in [0.4, 0.5) is 13.2 Å². The van der Waals surface area contributed by atoms with Crippen molar-refractivity contribution in [3.05, 3.63) is 102 Å². The fourth-order valence-electron chi connectivity index (χ4n) is 3.11. The highest BCUT2D eigenvalue weighted by molar-refractivity contribution is 7.99. The van der Waals surface area contributed by atoms with Gasteiger partial charge in [0.1, 0.15) is 5.75 Å². The smallest absolute Gasteiger partial charge is 0.341 e. The summed E-state index contributed by atoms with van der Waals surface area (Å²) in [6.45, 7) is -2.18. The molecule has 0 aliphatic rings. The van der Waals surface area contributed by atoms with Crippen molar-refractivity contribution in [2.75, 3.05) is 19.0 Å². The molecule has 0 aliphatic carbocycles. The van der Waals surface area contributed by atoms with E-state index in [0.717, 1.165) is 10.5 Å². The van der Waals surface area contributed by atoms with E-state index >= 15 is 0 Å². The third-order valence-corrected chi connectivity index (χ3v) is 5.53. The predicted molar refractivity (Wildman–Crippen MR) is 120 cm³/mol. The molecule has 0 atom stereocenters. The summed E-state index contributed by atoms with van der Waals surface area (Å²) >= 11 is 1.48. The Balaban J connectivity index is 1.85. The van der Waals surface area contributed by atoms with E-state index in [1.54, 1.807) is 36.4 Å². The van der Waals surface area contributed by atoms with Gasteiger partial charge in [-0.2, -0.15) is 8.78 Å². The lowest BCUT2D eigenvalue weighted by molar-refractivity contribution is -0.139. The molecule has 0 aliphatic heterocycles. The van der Waals surface area contributed by atoms with E-state index in [-0.39, 0.29) is 5.56 Å². The zero-order chi connectivity index (χ0) is 23.0. The topological polar surface area (TPSA) is 46.5 Å². The van der Waals surface area contributed by atoms with Gasteiger partial charge in [0.05, 0.1) is 0 Å². The van der Waals surface area contributed by atoms with Gasteiger partial charge in [-0.25, -0.2) is 9.18 Å². The number of carboxylic acid groups (broad SMARTS) is 1. The maximum Gasteiger partial charge on any atom is 0.341 e. The number of halogens is 3. The number of alkyl halides is 3. The van der Waals surface area contributed by atoms with Gasteiger partial charge in [0, 0.05) is 16.2 Å². The minimum atomic E-state index is -3.58. The summed E-state index contributed by atoms with van der Waals surface area (Å²) in [7, 11) is 0. The molecule has 166 valence electrons. The van der Waals surface area contributed by atoms with E-state index in [4.69, 9.17) is 9.84 Å². The van der Waals surface area contributed by atoms with Crippen molar-refractivity contribution < 1.29 is 27.8 Å². The third-order valence-electron chi connectivity index (χ3n) is 4.59. The first kappa shape index (κ1) is 23.5. The number of aliphatic carboxylic acids is 1. The predicted octanol–water partition coefficient (Wildman–Crippen LogP) is 6.44. The molecule has 32 heavy (non-hydrogen) atoms. The molecule has 3 aromatic carbocycles. The van der Waals surface area contributed by atoms with Crippen LogP contribution in [-0.2, 0) is 10.7 Å². The number of hydrogen-bond donors (Lipinski definition) is 1. The molecule has 0 bridgehead atoms. The van der Waals surface area contributed by atoms with Crippen LogP contribution in [-0.4, -0.2) is 30.1 Å². The van der Waals surface area contributed by atoms with Gasteiger partial charge in [-0.05, 0) is 41.0 Å². The van der Waals surface area contributed by atoms with Gasteiger partial charge in [-0.15, -0.1) is 11.8 Å². The minimum absolute atomic E-state index is 0.291. The first-order valence-corrected chi connectivity index (χ1v) is 10.8. The maximum atomic E-state index is 14.3. The van der Waals surface area contributed by atoms with Crippen LogP contribution in [0.2, 0.25) is 0 Å². The second kappa shape index (κ2) is 10.9. The van der Waals surface area contributed by atoms with E-state index in [2.05, 4.69) is 0 Å². The van der Waals surface area contributed by atoms with E-state index in [1.165, 1.54) is 23.9 Å². The van der Waals surface area contributed by atoms with Gasteiger partial charge in [0.15, 0.2) is 13.3 Å². The van der Waals surface area contributed by atoms with Gasteiger partial charge in [0.2, 0.25) is 0 Å². The molecule has 7 heteroatoms. The molecule has 3 nitrogen and oxygen atoms in total.